The normalized spacial score (nSPS) is 26.0. The van der Waals surface area contributed by atoms with Crippen molar-refractivity contribution in [1.29, 1.82) is 0 Å². The molecule has 6 heteroatoms. The van der Waals surface area contributed by atoms with Crippen LogP contribution in [0.5, 0.6) is 0 Å². The Morgan fingerprint density at radius 2 is 2.00 bits per heavy atom. The Bertz CT molecular complexity index is 386. The number of rotatable bonds is 4. The maximum absolute atomic E-state index is 11.7. The van der Waals surface area contributed by atoms with Gasteiger partial charge in [0.1, 0.15) is 6.10 Å². The Morgan fingerprint density at radius 1 is 1.45 bits per heavy atom. The van der Waals surface area contributed by atoms with Crippen LogP contribution >= 0.6 is 0 Å². The third-order valence-corrected chi connectivity index (χ3v) is 8.92. The molecule has 1 rings (SSSR count). The van der Waals surface area contributed by atoms with E-state index in [4.69, 9.17) is 14.3 Å². The Hall–Kier alpha value is -0.883. The molecule has 1 aliphatic rings. The van der Waals surface area contributed by atoms with Crippen LogP contribution in [0.1, 0.15) is 40.5 Å². The first-order valence-corrected chi connectivity index (χ1v) is 9.95. The van der Waals surface area contributed by atoms with E-state index in [1.165, 1.54) is 0 Å². The fraction of sp³-hybridized carbons (Fsp3) is 0.857. The molecule has 1 heterocycles. The van der Waals surface area contributed by atoms with Gasteiger partial charge in [-0.25, -0.2) is 0 Å². The molecule has 116 valence electrons. The van der Waals surface area contributed by atoms with E-state index in [9.17, 15) is 9.59 Å². The first-order chi connectivity index (χ1) is 8.94. The lowest BCUT2D eigenvalue weighted by Crippen LogP contribution is -2.48. The second kappa shape index (κ2) is 5.85. The molecule has 0 aromatic carbocycles. The zero-order valence-electron chi connectivity index (χ0n) is 13.2. The Labute approximate surface area is 121 Å². The summed E-state index contributed by atoms with van der Waals surface area (Å²) < 4.78 is 11.4. The number of cyclic esters (lactones) is 1. The van der Waals surface area contributed by atoms with Crippen molar-refractivity contribution in [3.05, 3.63) is 0 Å². The fourth-order valence-corrected chi connectivity index (χ4v) is 3.31. The summed E-state index contributed by atoms with van der Waals surface area (Å²) in [5.41, 5.74) is 0. The van der Waals surface area contributed by atoms with Crippen molar-refractivity contribution in [1.82, 2.24) is 0 Å². The number of aliphatic carboxylic acids is 1. The SMILES string of the molecule is CC(C(=O)O)[C@@H]1C[C@@H](O[Si](C)(C)C(C)(C)C)CC(=O)O1. The summed E-state index contributed by atoms with van der Waals surface area (Å²) in [5.74, 6) is -2.02. The summed E-state index contributed by atoms with van der Waals surface area (Å²) in [5, 5.41) is 9.10. The van der Waals surface area contributed by atoms with E-state index in [0.717, 1.165) is 0 Å². The molecule has 3 atom stereocenters. The van der Waals surface area contributed by atoms with Crippen molar-refractivity contribution >= 4 is 20.3 Å². The molecule has 20 heavy (non-hydrogen) atoms. The summed E-state index contributed by atoms with van der Waals surface area (Å²) in [7, 11) is -1.97. The number of carboxylic acids is 1. The lowest BCUT2D eigenvalue weighted by Gasteiger charge is -2.41. The van der Waals surface area contributed by atoms with E-state index >= 15 is 0 Å². The molecule has 1 fully saturated rings. The molecule has 0 radical (unpaired) electrons. The molecule has 1 unspecified atom stereocenters. The van der Waals surface area contributed by atoms with Gasteiger partial charge in [0, 0.05) is 6.42 Å². The van der Waals surface area contributed by atoms with Crippen LogP contribution < -0.4 is 0 Å². The molecule has 0 aromatic rings. The third-order valence-electron chi connectivity index (χ3n) is 4.39. The van der Waals surface area contributed by atoms with Crippen LogP contribution in [0.4, 0.5) is 0 Å². The van der Waals surface area contributed by atoms with Gasteiger partial charge in [-0.05, 0) is 25.1 Å². The van der Waals surface area contributed by atoms with Crippen LogP contribution in [0.25, 0.3) is 0 Å². The fourth-order valence-electron chi connectivity index (χ4n) is 1.94. The molecule has 1 N–H and O–H groups in total. The molecule has 0 bridgehead atoms. The number of ether oxygens (including phenoxy) is 1. The van der Waals surface area contributed by atoms with Crippen molar-refractivity contribution in [2.45, 2.75) is 70.9 Å². The molecule has 0 aromatic heterocycles. The van der Waals surface area contributed by atoms with Gasteiger partial charge in [0.15, 0.2) is 8.32 Å². The first-order valence-electron chi connectivity index (χ1n) is 7.04. The van der Waals surface area contributed by atoms with Crippen molar-refractivity contribution < 1.29 is 23.9 Å². The number of hydrogen-bond donors (Lipinski definition) is 1. The Balaban J connectivity index is 2.77. The molecule has 0 saturated carbocycles. The molecular formula is C14H26O5Si. The van der Waals surface area contributed by atoms with E-state index in [1.807, 2.05) is 0 Å². The van der Waals surface area contributed by atoms with Gasteiger partial charge in [0.05, 0.1) is 18.4 Å². The summed E-state index contributed by atoms with van der Waals surface area (Å²) >= 11 is 0. The van der Waals surface area contributed by atoms with E-state index in [2.05, 4.69) is 33.9 Å². The van der Waals surface area contributed by atoms with Gasteiger partial charge < -0.3 is 14.3 Å². The number of carbonyl (C=O) groups is 2. The van der Waals surface area contributed by atoms with Crippen LogP contribution in [0.3, 0.4) is 0 Å². The molecule has 0 spiro atoms. The quantitative estimate of drug-likeness (QED) is 0.638. The van der Waals surface area contributed by atoms with Crippen molar-refractivity contribution in [3.8, 4) is 0 Å². The minimum atomic E-state index is -1.97. The number of esters is 1. The van der Waals surface area contributed by atoms with Gasteiger partial charge in [-0.2, -0.15) is 0 Å². The van der Waals surface area contributed by atoms with E-state index in [1.54, 1.807) is 6.92 Å². The standard InChI is InChI=1S/C14H26O5Si/c1-9(13(16)17)11-7-10(8-12(15)18-11)19-20(5,6)14(2,3)4/h9-11H,7-8H2,1-6H3,(H,16,17)/t9?,10-,11+/m1/s1. The highest BCUT2D eigenvalue weighted by Crippen LogP contribution is 2.39. The Morgan fingerprint density at radius 3 is 2.45 bits per heavy atom. The molecule has 1 aliphatic heterocycles. The maximum Gasteiger partial charge on any atom is 0.309 e. The number of carbonyl (C=O) groups excluding carboxylic acids is 1. The topological polar surface area (TPSA) is 72.8 Å². The van der Waals surface area contributed by atoms with Gasteiger partial charge in [-0.1, -0.05) is 20.8 Å². The molecule has 0 amide bonds. The van der Waals surface area contributed by atoms with Crippen LogP contribution in [0, 0.1) is 5.92 Å². The summed E-state index contributed by atoms with van der Waals surface area (Å²) in [6, 6.07) is 0. The number of hydrogen-bond acceptors (Lipinski definition) is 4. The second-order valence-electron chi connectivity index (χ2n) is 7.10. The molecule has 1 saturated heterocycles. The minimum Gasteiger partial charge on any atom is -0.481 e. The van der Waals surface area contributed by atoms with E-state index < -0.39 is 26.3 Å². The lowest BCUT2D eigenvalue weighted by molar-refractivity contribution is -0.167. The maximum atomic E-state index is 11.7. The van der Waals surface area contributed by atoms with Crippen LogP contribution in [0.2, 0.25) is 18.1 Å². The van der Waals surface area contributed by atoms with Crippen molar-refractivity contribution in [3.63, 3.8) is 0 Å². The van der Waals surface area contributed by atoms with Crippen LogP contribution in [0.15, 0.2) is 0 Å². The highest BCUT2D eigenvalue weighted by Gasteiger charge is 2.43. The zero-order valence-corrected chi connectivity index (χ0v) is 14.2. The van der Waals surface area contributed by atoms with Gasteiger partial charge in [0.2, 0.25) is 0 Å². The van der Waals surface area contributed by atoms with Gasteiger partial charge >= 0.3 is 11.9 Å². The lowest BCUT2D eigenvalue weighted by atomic mass is 9.95. The van der Waals surface area contributed by atoms with Crippen LogP contribution in [-0.2, 0) is 18.8 Å². The van der Waals surface area contributed by atoms with E-state index in [-0.39, 0.29) is 23.5 Å². The average molecular weight is 302 g/mol. The van der Waals surface area contributed by atoms with Gasteiger partial charge in [0.25, 0.3) is 0 Å². The summed E-state index contributed by atoms with van der Waals surface area (Å²) in [4.78, 5) is 22.7. The van der Waals surface area contributed by atoms with E-state index in [0.29, 0.717) is 6.42 Å². The minimum absolute atomic E-state index is 0.0578. The highest BCUT2D eigenvalue weighted by atomic mass is 28.4. The Kier molecular flexibility index (Phi) is 5.02. The second-order valence-corrected chi connectivity index (χ2v) is 11.9. The first kappa shape index (κ1) is 17.2. The van der Waals surface area contributed by atoms with Crippen LogP contribution in [-0.4, -0.2) is 37.6 Å². The monoisotopic (exact) mass is 302 g/mol. The van der Waals surface area contributed by atoms with Gasteiger partial charge in [-0.15, -0.1) is 0 Å². The average Bonchev–Trinajstić information content (AvgIpc) is 2.24. The van der Waals surface area contributed by atoms with Gasteiger partial charge in [-0.3, -0.25) is 9.59 Å². The smallest absolute Gasteiger partial charge is 0.309 e. The van der Waals surface area contributed by atoms with Crippen molar-refractivity contribution in [2.75, 3.05) is 0 Å². The zero-order chi connectivity index (χ0) is 15.7. The largest absolute Gasteiger partial charge is 0.481 e. The summed E-state index contributed by atoms with van der Waals surface area (Å²) in [6.45, 7) is 12.2. The molecule has 5 nitrogen and oxygen atoms in total. The third kappa shape index (κ3) is 4.05. The summed E-state index contributed by atoms with van der Waals surface area (Å²) in [6.07, 6.45) is -0.145. The van der Waals surface area contributed by atoms with Crippen molar-refractivity contribution in [2.24, 2.45) is 5.92 Å². The predicted molar refractivity (Wildman–Crippen MR) is 78.0 cm³/mol. The predicted octanol–water partition coefficient (Wildman–Crippen LogP) is 2.80. The number of carboxylic acid groups (broad SMARTS) is 1. The molecular weight excluding hydrogens is 276 g/mol. The molecule has 0 aliphatic carbocycles. The highest BCUT2D eigenvalue weighted by molar-refractivity contribution is 6.74.